The Hall–Kier alpha value is -0.810. The molecule has 92 valence electrons. The Kier molecular flexibility index (Phi) is 5.71. The Balaban J connectivity index is 2.92. The van der Waals surface area contributed by atoms with Gasteiger partial charge in [0.15, 0.2) is 0 Å². The molecule has 0 aliphatic rings. The molecule has 1 rings (SSSR count). The van der Waals surface area contributed by atoms with Crippen molar-refractivity contribution in [2.45, 2.75) is 12.2 Å². The molecule has 0 amide bonds. The van der Waals surface area contributed by atoms with Crippen molar-refractivity contribution >= 4 is 34.7 Å². The third-order valence-electron chi connectivity index (χ3n) is 2.26. The number of hydrogen-bond donors (Lipinski definition) is 3. The van der Waals surface area contributed by atoms with Crippen molar-refractivity contribution in [1.82, 2.24) is 5.32 Å². The third-order valence-corrected chi connectivity index (χ3v) is 2.65. The van der Waals surface area contributed by atoms with Crippen molar-refractivity contribution in [2.24, 2.45) is 4.99 Å². The van der Waals surface area contributed by atoms with Crippen LogP contribution in [0.2, 0.25) is 5.02 Å². The molecule has 2 atom stereocenters. The van der Waals surface area contributed by atoms with Gasteiger partial charge in [-0.15, -0.1) is 0 Å². The first-order valence-electron chi connectivity index (χ1n) is 4.98. The quantitative estimate of drug-likeness (QED) is 0.564. The van der Waals surface area contributed by atoms with E-state index in [9.17, 15) is 10.2 Å². The van der Waals surface area contributed by atoms with Gasteiger partial charge in [0.1, 0.15) is 6.10 Å². The lowest BCUT2D eigenvalue weighted by Gasteiger charge is -2.18. The van der Waals surface area contributed by atoms with Crippen molar-refractivity contribution in [3.05, 3.63) is 28.8 Å². The second-order valence-corrected chi connectivity index (χ2v) is 4.07. The summed E-state index contributed by atoms with van der Waals surface area (Å²) in [5.41, 5.74) is 1.02. The number of halogens is 1. The highest BCUT2D eigenvalue weighted by molar-refractivity contribution is 7.78. The molecular formula is C11H13ClN2O2S. The van der Waals surface area contributed by atoms with Crippen molar-refractivity contribution in [3.63, 3.8) is 0 Å². The average Bonchev–Trinajstić information content (AvgIpc) is 2.31. The Morgan fingerprint density at radius 2 is 2.24 bits per heavy atom. The molecule has 0 aliphatic carbocycles. The lowest BCUT2D eigenvalue weighted by molar-refractivity contribution is 0.0202. The van der Waals surface area contributed by atoms with Gasteiger partial charge in [-0.1, -0.05) is 17.7 Å². The molecule has 0 aliphatic heterocycles. The molecule has 0 heterocycles. The maximum Gasteiger partial charge on any atom is 0.106 e. The Labute approximate surface area is 110 Å². The van der Waals surface area contributed by atoms with Crippen molar-refractivity contribution in [1.29, 1.82) is 0 Å². The smallest absolute Gasteiger partial charge is 0.106 e. The number of nitrogens with one attached hydrogen (secondary N) is 1. The molecule has 0 radical (unpaired) electrons. The van der Waals surface area contributed by atoms with Crippen LogP contribution in [0.4, 0.5) is 5.69 Å². The van der Waals surface area contributed by atoms with Crippen molar-refractivity contribution < 1.29 is 10.2 Å². The third kappa shape index (κ3) is 3.85. The van der Waals surface area contributed by atoms with E-state index in [4.69, 9.17) is 11.6 Å². The van der Waals surface area contributed by atoms with E-state index in [0.29, 0.717) is 22.8 Å². The van der Waals surface area contributed by atoms with Gasteiger partial charge in [-0.3, -0.25) is 0 Å². The van der Waals surface area contributed by atoms with Gasteiger partial charge in [-0.25, -0.2) is 0 Å². The zero-order valence-corrected chi connectivity index (χ0v) is 10.8. The summed E-state index contributed by atoms with van der Waals surface area (Å²) in [5.74, 6) is 0. The molecule has 0 aromatic heterocycles. The number of hydrogen-bond acceptors (Lipinski definition) is 5. The Morgan fingerprint density at radius 3 is 2.76 bits per heavy atom. The average molecular weight is 273 g/mol. The van der Waals surface area contributed by atoms with Crippen LogP contribution in [0.25, 0.3) is 0 Å². The number of likely N-dealkylation sites (N-methyl/N-ethyl adjacent to an activating group) is 1. The predicted octanol–water partition coefficient (Wildman–Crippen LogP) is 1.69. The lowest BCUT2D eigenvalue weighted by atomic mass is 10.0. The first-order chi connectivity index (χ1) is 8.10. The Bertz CT molecular complexity index is 435. The van der Waals surface area contributed by atoms with Gasteiger partial charge in [0.2, 0.25) is 0 Å². The van der Waals surface area contributed by atoms with Crippen molar-refractivity contribution in [3.8, 4) is 0 Å². The number of rotatable bonds is 5. The lowest BCUT2D eigenvalue weighted by Crippen LogP contribution is -2.29. The predicted molar refractivity (Wildman–Crippen MR) is 71.0 cm³/mol. The summed E-state index contributed by atoms with van der Waals surface area (Å²) in [6.07, 6.45) is -1.89. The van der Waals surface area contributed by atoms with E-state index >= 15 is 0 Å². The number of thiocarbonyl (C=S) groups is 1. The minimum atomic E-state index is -0.995. The van der Waals surface area contributed by atoms with E-state index in [1.54, 1.807) is 25.2 Å². The van der Waals surface area contributed by atoms with Crippen LogP contribution in [-0.2, 0) is 0 Å². The number of nitrogens with zero attached hydrogens (tertiary/aromatic N) is 1. The van der Waals surface area contributed by atoms with E-state index in [0.717, 1.165) is 0 Å². The molecular weight excluding hydrogens is 260 g/mol. The highest BCUT2D eigenvalue weighted by Crippen LogP contribution is 2.28. The highest BCUT2D eigenvalue weighted by atomic mass is 35.5. The first-order valence-corrected chi connectivity index (χ1v) is 5.76. The standard InChI is InChI=1S/C11H13ClN2O2S/c1-13-5-10(15)11(16)7-2-3-9(14-6-17)8(12)4-7/h2-4,10-11,13,15-16H,5H2,1H3. The number of benzene rings is 1. The SMILES string of the molecule is CNCC(O)C(O)c1ccc(N=C=S)c(Cl)c1. The zero-order valence-electron chi connectivity index (χ0n) is 9.22. The van der Waals surface area contributed by atoms with Gasteiger partial charge in [-0.05, 0) is 37.0 Å². The summed E-state index contributed by atoms with van der Waals surface area (Å²) in [5, 5.41) is 24.8. The fourth-order valence-corrected chi connectivity index (χ4v) is 1.72. The molecule has 0 saturated heterocycles. The minimum Gasteiger partial charge on any atom is -0.389 e. The zero-order chi connectivity index (χ0) is 12.8. The van der Waals surface area contributed by atoms with Gasteiger partial charge in [-0.2, -0.15) is 4.99 Å². The van der Waals surface area contributed by atoms with Crippen LogP contribution in [0.5, 0.6) is 0 Å². The summed E-state index contributed by atoms with van der Waals surface area (Å²) in [6, 6.07) is 4.81. The summed E-state index contributed by atoms with van der Waals surface area (Å²) in [4.78, 5) is 3.76. The van der Waals surface area contributed by atoms with E-state index in [-0.39, 0.29) is 0 Å². The summed E-state index contributed by atoms with van der Waals surface area (Å²) in [6.45, 7) is 0.290. The van der Waals surface area contributed by atoms with Crippen LogP contribution in [-0.4, -0.2) is 35.1 Å². The molecule has 0 bridgehead atoms. The number of aliphatic hydroxyl groups excluding tert-OH is 2. The van der Waals surface area contributed by atoms with Gasteiger partial charge in [0.25, 0.3) is 0 Å². The molecule has 2 unspecified atom stereocenters. The van der Waals surface area contributed by atoms with Crippen LogP contribution < -0.4 is 5.32 Å². The van der Waals surface area contributed by atoms with Gasteiger partial charge < -0.3 is 15.5 Å². The maximum atomic E-state index is 9.85. The van der Waals surface area contributed by atoms with Gasteiger partial charge in [0.05, 0.1) is 22.0 Å². The van der Waals surface area contributed by atoms with Crippen LogP contribution in [0, 0.1) is 0 Å². The molecule has 0 spiro atoms. The first kappa shape index (κ1) is 14.3. The molecule has 6 heteroatoms. The maximum absolute atomic E-state index is 9.85. The second-order valence-electron chi connectivity index (χ2n) is 3.48. The van der Waals surface area contributed by atoms with Crippen LogP contribution in [0.1, 0.15) is 11.7 Å². The monoisotopic (exact) mass is 272 g/mol. The molecule has 4 nitrogen and oxygen atoms in total. The molecule has 1 aromatic carbocycles. The van der Waals surface area contributed by atoms with E-state index in [2.05, 4.69) is 27.7 Å². The minimum absolute atomic E-state index is 0.290. The molecule has 1 aromatic rings. The molecule has 17 heavy (non-hydrogen) atoms. The summed E-state index contributed by atoms with van der Waals surface area (Å²) >= 11 is 10.4. The second kappa shape index (κ2) is 6.81. The molecule has 3 N–H and O–H groups in total. The normalized spacial score (nSPS) is 13.9. The van der Waals surface area contributed by atoms with E-state index in [1.165, 1.54) is 0 Å². The summed E-state index contributed by atoms with van der Waals surface area (Å²) in [7, 11) is 1.69. The number of isothiocyanates is 1. The fourth-order valence-electron chi connectivity index (χ4n) is 1.39. The number of aliphatic imine (C=N–C) groups is 1. The molecule has 0 saturated carbocycles. The van der Waals surface area contributed by atoms with E-state index < -0.39 is 12.2 Å². The largest absolute Gasteiger partial charge is 0.389 e. The number of aliphatic hydroxyl groups is 2. The van der Waals surface area contributed by atoms with Crippen LogP contribution in [0.15, 0.2) is 23.2 Å². The van der Waals surface area contributed by atoms with Gasteiger partial charge >= 0.3 is 0 Å². The molecule has 0 fully saturated rings. The Morgan fingerprint density at radius 1 is 1.53 bits per heavy atom. The summed E-state index contributed by atoms with van der Waals surface area (Å²) < 4.78 is 0. The van der Waals surface area contributed by atoms with Crippen LogP contribution in [0.3, 0.4) is 0 Å². The van der Waals surface area contributed by atoms with Crippen molar-refractivity contribution in [2.75, 3.05) is 13.6 Å². The fraction of sp³-hybridized carbons (Fsp3) is 0.364. The highest BCUT2D eigenvalue weighted by Gasteiger charge is 2.18. The topological polar surface area (TPSA) is 64.8 Å². The van der Waals surface area contributed by atoms with E-state index in [1.807, 2.05) is 0 Å². The van der Waals surface area contributed by atoms with Crippen LogP contribution >= 0.6 is 23.8 Å². The van der Waals surface area contributed by atoms with Gasteiger partial charge in [0, 0.05) is 6.54 Å².